The first-order valence-corrected chi connectivity index (χ1v) is 8.07. The van der Waals surface area contributed by atoms with Crippen LogP contribution in [0.25, 0.3) is 0 Å². The Morgan fingerprint density at radius 2 is 1.90 bits per heavy atom. The van der Waals surface area contributed by atoms with E-state index in [4.69, 9.17) is 14.2 Å². The SMILES string of the molecule is CC1CN(C(=O)CN2CCCC(C3OCCO3)C2)CCO1. The van der Waals surface area contributed by atoms with E-state index in [0.717, 1.165) is 32.5 Å². The standard InChI is InChI=1S/C15H26N2O4/c1-12-9-17(5-6-19-12)14(18)11-16-4-2-3-13(10-16)15-20-7-8-21-15/h12-13,15H,2-11H2,1H3. The Hall–Kier alpha value is -0.690. The van der Waals surface area contributed by atoms with Crippen LogP contribution in [0.3, 0.4) is 0 Å². The van der Waals surface area contributed by atoms with Crippen LogP contribution in [0.15, 0.2) is 0 Å². The molecule has 1 amide bonds. The molecule has 0 spiro atoms. The third-order valence-electron chi connectivity index (χ3n) is 4.53. The van der Waals surface area contributed by atoms with Gasteiger partial charge in [-0.3, -0.25) is 9.69 Å². The van der Waals surface area contributed by atoms with Gasteiger partial charge in [-0.05, 0) is 26.3 Å². The van der Waals surface area contributed by atoms with Gasteiger partial charge < -0.3 is 19.1 Å². The van der Waals surface area contributed by atoms with E-state index in [2.05, 4.69) is 4.90 Å². The predicted molar refractivity (Wildman–Crippen MR) is 76.9 cm³/mol. The van der Waals surface area contributed by atoms with Crippen molar-refractivity contribution in [3.63, 3.8) is 0 Å². The summed E-state index contributed by atoms with van der Waals surface area (Å²) < 4.78 is 16.7. The lowest BCUT2D eigenvalue weighted by molar-refractivity contribution is -0.141. The van der Waals surface area contributed by atoms with Crippen molar-refractivity contribution < 1.29 is 19.0 Å². The maximum atomic E-state index is 12.4. The number of nitrogens with zero attached hydrogens (tertiary/aromatic N) is 2. The molecule has 0 radical (unpaired) electrons. The Labute approximate surface area is 126 Å². The molecule has 3 rings (SSSR count). The highest BCUT2D eigenvalue weighted by Crippen LogP contribution is 2.24. The summed E-state index contributed by atoms with van der Waals surface area (Å²) in [7, 11) is 0. The van der Waals surface area contributed by atoms with Crippen LogP contribution < -0.4 is 0 Å². The first kappa shape index (κ1) is 15.2. The molecular formula is C15H26N2O4. The average molecular weight is 298 g/mol. The molecule has 3 aliphatic heterocycles. The normalized spacial score (nSPS) is 32.5. The number of piperidine rings is 1. The summed E-state index contributed by atoms with van der Waals surface area (Å²) in [5.74, 6) is 0.622. The van der Waals surface area contributed by atoms with Crippen LogP contribution in [0.5, 0.6) is 0 Å². The van der Waals surface area contributed by atoms with E-state index in [1.807, 2.05) is 11.8 Å². The van der Waals surface area contributed by atoms with Gasteiger partial charge in [0.15, 0.2) is 6.29 Å². The van der Waals surface area contributed by atoms with Crippen LogP contribution in [-0.2, 0) is 19.0 Å². The molecule has 3 heterocycles. The zero-order chi connectivity index (χ0) is 14.7. The molecule has 3 fully saturated rings. The molecule has 0 N–H and O–H groups in total. The number of carbonyl (C=O) groups excluding carboxylic acids is 1. The average Bonchev–Trinajstić information content (AvgIpc) is 3.02. The minimum atomic E-state index is -0.0636. The highest BCUT2D eigenvalue weighted by atomic mass is 16.7. The smallest absolute Gasteiger partial charge is 0.236 e. The molecule has 0 bridgehead atoms. The number of amides is 1. The van der Waals surface area contributed by atoms with Gasteiger partial charge in [0.1, 0.15) is 0 Å². The number of rotatable bonds is 3. The first-order chi connectivity index (χ1) is 10.2. The monoisotopic (exact) mass is 298 g/mol. The fraction of sp³-hybridized carbons (Fsp3) is 0.933. The maximum absolute atomic E-state index is 12.4. The summed E-state index contributed by atoms with van der Waals surface area (Å²) >= 11 is 0. The molecule has 3 saturated heterocycles. The van der Waals surface area contributed by atoms with Crippen molar-refractivity contribution in [3.8, 4) is 0 Å². The van der Waals surface area contributed by atoms with Crippen molar-refractivity contribution in [2.75, 3.05) is 52.5 Å². The Bertz CT molecular complexity index is 360. The van der Waals surface area contributed by atoms with Gasteiger partial charge in [0.05, 0.1) is 32.5 Å². The number of likely N-dealkylation sites (tertiary alicyclic amines) is 1. The lowest BCUT2D eigenvalue weighted by atomic mass is 9.97. The minimum Gasteiger partial charge on any atom is -0.375 e. The van der Waals surface area contributed by atoms with E-state index < -0.39 is 0 Å². The van der Waals surface area contributed by atoms with E-state index in [1.54, 1.807) is 0 Å². The number of ether oxygens (including phenoxy) is 3. The number of hydrogen-bond donors (Lipinski definition) is 0. The molecule has 0 aliphatic carbocycles. The molecule has 120 valence electrons. The summed E-state index contributed by atoms with van der Waals surface area (Å²) in [5.41, 5.74) is 0. The molecule has 2 atom stereocenters. The second kappa shape index (κ2) is 7.05. The molecule has 6 nitrogen and oxygen atoms in total. The minimum absolute atomic E-state index is 0.0636. The van der Waals surface area contributed by atoms with Gasteiger partial charge in [0.2, 0.25) is 5.91 Å². The quantitative estimate of drug-likeness (QED) is 0.751. The first-order valence-electron chi connectivity index (χ1n) is 8.07. The molecule has 0 aromatic rings. The second-order valence-electron chi connectivity index (χ2n) is 6.27. The van der Waals surface area contributed by atoms with Crippen molar-refractivity contribution in [2.24, 2.45) is 5.92 Å². The topological polar surface area (TPSA) is 51.2 Å². The van der Waals surface area contributed by atoms with Crippen molar-refractivity contribution in [2.45, 2.75) is 32.2 Å². The number of morpholine rings is 1. The van der Waals surface area contributed by atoms with Crippen LogP contribution in [0.1, 0.15) is 19.8 Å². The van der Waals surface area contributed by atoms with Gasteiger partial charge in [-0.25, -0.2) is 0 Å². The molecule has 0 aromatic carbocycles. The maximum Gasteiger partial charge on any atom is 0.236 e. The molecular weight excluding hydrogens is 272 g/mol. The summed E-state index contributed by atoms with van der Waals surface area (Å²) in [5, 5.41) is 0. The van der Waals surface area contributed by atoms with Gasteiger partial charge in [-0.15, -0.1) is 0 Å². The molecule has 0 saturated carbocycles. The van der Waals surface area contributed by atoms with E-state index >= 15 is 0 Å². The highest BCUT2D eigenvalue weighted by Gasteiger charge is 2.32. The van der Waals surface area contributed by atoms with Crippen LogP contribution in [-0.4, -0.2) is 80.6 Å². The number of hydrogen-bond acceptors (Lipinski definition) is 5. The zero-order valence-electron chi connectivity index (χ0n) is 12.8. The number of carbonyl (C=O) groups is 1. The molecule has 0 aromatic heterocycles. The molecule has 3 aliphatic rings. The second-order valence-corrected chi connectivity index (χ2v) is 6.27. The summed E-state index contributed by atoms with van der Waals surface area (Å²) in [6, 6.07) is 0. The van der Waals surface area contributed by atoms with Crippen LogP contribution in [0.2, 0.25) is 0 Å². The van der Waals surface area contributed by atoms with Crippen LogP contribution >= 0.6 is 0 Å². The lowest BCUT2D eigenvalue weighted by Crippen LogP contribution is -2.50. The van der Waals surface area contributed by atoms with Crippen LogP contribution in [0.4, 0.5) is 0 Å². The van der Waals surface area contributed by atoms with Gasteiger partial charge in [-0.1, -0.05) is 0 Å². The van der Waals surface area contributed by atoms with Crippen molar-refractivity contribution in [3.05, 3.63) is 0 Å². The largest absolute Gasteiger partial charge is 0.375 e. The van der Waals surface area contributed by atoms with Gasteiger partial charge in [0.25, 0.3) is 0 Å². The van der Waals surface area contributed by atoms with Gasteiger partial charge >= 0.3 is 0 Å². The van der Waals surface area contributed by atoms with Gasteiger partial charge in [-0.2, -0.15) is 0 Å². The Morgan fingerprint density at radius 1 is 1.10 bits per heavy atom. The third-order valence-corrected chi connectivity index (χ3v) is 4.53. The Kier molecular flexibility index (Phi) is 5.11. The summed E-state index contributed by atoms with van der Waals surface area (Å²) in [4.78, 5) is 16.6. The van der Waals surface area contributed by atoms with Gasteiger partial charge in [0, 0.05) is 25.6 Å². The Morgan fingerprint density at radius 3 is 2.67 bits per heavy atom. The molecule has 21 heavy (non-hydrogen) atoms. The highest BCUT2D eigenvalue weighted by molar-refractivity contribution is 5.78. The lowest BCUT2D eigenvalue weighted by Gasteiger charge is -2.37. The van der Waals surface area contributed by atoms with Crippen molar-refractivity contribution >= 4 is 5.91 Å². The van der Waals surface area contributed by atoms with Crippen molar-refractivity contribution in [1.82, 2.24) is 9.80 Å². The van der Waals surface area contributed by atoms with E-state index in [1.165, 1.54) is 0 Å². The summed E-state index contributed by atoms with van der Waals surface area (Å²) in [6.07, 6.45) is 2.33. The Balaban J connectivity index is 1.48. The van der Waals surface area contributed by atoms with E-state index in [-0.39, 0.29) is 18.3 Å². The van der Waals surface area contributed by atoms with Crippen molar-refractivity contribution in [1.29, 1.82) is 0 Å². The van der Waals surface area contributed by atoms with E-state index in [0.29, 0.717) is 38.8 Å². The molecule has 6 heteroatoms. The fourth-order valence-corrected chi connectivity index (χ4v) is 3.44. The third kappa shape index (κ3) is 3.94. The summed E-state index contributed by atoms with van der Waals surface area (Å²) in [6.45, 7) is 7.91. The fourth-order valence-electron chi connectivity index (χ4n) is 3.44. The molecule has 2 unspecified atom stereocenters. The van der Waals surface area contributed by atoms with Crippen LogP contribution in [0, 0.1) is 5.92 Å². The zero-order valence-corrected chi connectivity index (χ0v) is 12.8. The predicted octanol–water partition coefficient (Wildman–Crippen LogP) is 0.319. The van der Waals surface area contributed by atoms with E-state index in [9.17, 15) is 4.79 Å².